The average molecular weight is 660 g/mol. The van der Waals surface area contributed by atoms with E-state index < -0.39 is 62.6 Å². The Balaban J connectivity index is 1.53. The summed E-state index contributed by atoms with van der Waals surface area (Å²) in [4.78, 5) is 69.2. The maximum Gasteiger partial charge on any atom is 0.338 e. The molecule has 3 aromatic carbocycles. The summed E-state index contributed by atoms with van der Waals surface area (Å²) < 4.78 is 22.1. The fourth-order valence-electron chi connectivity index (χ4n) is 3.86. The Bertz CT molecular complexity index is 1560. The summed E-state index contributed by atoms with van der Waals surface area (Å²) in [6.07, 6.45) is -3.88. The van der Waals surface area contributed by atoms with E-state index in [9.17, 15) is 44.7 Å². The number of hydrogen-bond acceptors (Lipinski definition) is 13. The SMILES string of the molecule is O=C(OC[C@H]1OC(Br)[C@H](OC(=O)c2ccc([N+](=O)[O-])cc2)[C@H]1OC(=O)c1ccc([N+](=O)[O-])cc1)c1ccc([N+](=O)[O-])cc1. The summed E-state index contributed by atoms with van der Waals surface area (Å²) in [5, 5.41) is 31.6. The van der Waals surface area contributed by atoms with Crippen molar-refractivity contribution < 1.29 is 48.1 Å². The molecule has 0 aromatic heterocycles. The van der Waals surface area contributed by atoms with Gasteiger partial charge in [0.05, 0.1) is 31.5 Å². The molecule has 1 fully saturated rings. The van der Waals surface area contributed by atoms with Crippen molar-refractivity contribution >= 4 is 50.9 Å². The molecule has 1 unspecified atom stereocenters. The van der Waals surface area contributed by atoms with Crippen molar-refractivity contribution in [2.45, 2.75) is 23.3 Å². The highest BCUT2D eigenvalue weighted by Gasteiger charge is 2.49. The first-order valence-corrected chi connectivity index (χ1v) is 13.0. The third-order valence-electron chi connectivity index (χ3n) is 6.06. The molecule has 4 rings (SSSR count). The zero-order valence-electron chi connectivity index (χ0n) is 21.5. The Labute approximate surface area is 248 Å². The number of rotatable bonds is 10. The minimum atomic E-state index is -1.38. The van der Waals surface area contributed by atoms with Crippen LogP contribution in [-0.2, 0) is 18.9 Å². The van der Waals surface area contributed by atoms with Crippen LogP contribution in [0.3, 0.4) is 0 Å². The molecule has 1 saturated heterocycles. The molecule has 1 aliphatic rings. The molecule has 0 aliphatic carbocycles. The van der Waals surface area contributed by atoms with Crippen LogP contribution in [-0.4, -0.2) is 62.6 Å². The van der Waals surface area contributed by atoms with Gasteiger partial charge in [-0.3, -0.25) is 30.3 Å². The number of benzene rings is 3. The van der Waals surface area contributed by atoms with E-state index in [1.807, 2.05) is 0 Å². The van der Waals surface area contributed by atoms with Crippen molar-refractivity contribution in [3.05, 3.63) is 120 Å². The highest BCUT2D eigenvalue weighted by atomic mass is 79.9. The lowest BCUT2D eigenvalue weighted by atomic mass is 10.1. The molecular formula is C26H18BrN3O13. The molecule has 0 amide bonds. The maximum absolute atomic E-state index is 13.0. The molecule has 222 valence electrons. The van der Waals surface area contributed by atoms with Crippen molar-refractivity contribution in [1.29, 1.82) is 0 Å². The third kappa shape index (κ3) is 7.32. The zero-order chi connectivity index (χ0) is 31.3. The van der Waals surface area contributed by atoms with Crippen LogP contribution in [0.4, 0.5) is 17.1 Å². The van der Waals surface area contributed by atoms with Crippen LogP contribution in [0.5, 0.6) is 0 Å². The predicted octanol–water partition coefficient (Wildman–Crippen LogP) is 4.14. The number of carbonyl (C=O) groups is 3. The van der Waals surface area contributed by atoms with Crippen molar-refractivity contribution in [2.24, 2.45) is 0 Å². The van der Waals surface area contributed by atoms with Gasteiger partial charge in [-0.25, -0.2) is 14.4 Å². The number of ether oxygens (including phenoxy) is 4. The third-order valence-corrected chi connectivity index (χ3v) is 6.80. The van der Waals surface area contributed by atoms with E-state index in [4.69, 9.17) is 18.9 Å². The molecule has 3 aromatic rings. The lowest BCUT2D eigenvalue weighted by Gasteiger charge is -2.23. The quantitative estimate of drug-likeness (QED) is 0.0983. The number of esters is 3. The Kier molecular flexibility index (Phi) is 9.36. The van der Waals surface area contributed by atoms with Crippen LogP contribution in [0.2, 0.25) is 0 Å². The molecule has 0 bridgehead atoms. The van der Waals surface area contributed by atoms with Gasteiger partial charge < -0.3 is 18.9 Å². The number of nitro benzene ring substituents is 3. The Morgan fingerprint density at radius 3 is 1.35 bits per heavy atom. The predicted molar refractivity (Wildman–Crippen MR) is 146 cm³/mol. The van der Waals surface area contributed by atoms with Crippen LogP contribution < -0.4 is 0 Å². The number of hydrogen-bond donors (Lipinski definition) is 0. The summed E-state index contributed by atoms with van der Waals surface area (Å²) >= 11 is 3.20. The number of nitro groups is 3. The van der Waals surface area contributed by atoms with Gasteiger partial charge in [-0.1, -0.05) is 15.9 Å². The van der Waals surface area contributed by atoms with Crippen molar-refractivity contribution in [1.82, 2.24) is 0 Å². The molecule has 0 radical (unpaired) electrons. The number of nitrogens with zero attached hydrogens (tertiary/aromatic N) is 3. The molecular weight excluding hydrogens is 642 g/mol. The molecule has 43 heavy (non-hydrogen) atoms. The minimum absolute atomic E-state index is 0.0143. The number of halogens is 1. The Morgan fingerprint density at radius 2 is 0.977 bits per heavy atom. The molecule has 1 heterocycles. The second-order valence-corrected chi connectivity index (χ2v) is 9.68. The molecule has 0 saturated carbocycles. The summed E-state index contributed by atoms with van der Waals surface area (Å²) in [6.45, 7) is -0.512. The smallest absolute Gasteiger partial charge is 0.338 e. The molecule has 16 nitrogen and oxygen atoms in total. The van der Waals surface area contributed by atoms with Gasteiger partial charge in [0.1, 0.15) is 12.7 Å². The van der Waals surface area contributed by atoms with Gasteiger partial charge in [-0.15, -0.1) is 0 Å². The summed E-state index contributed by atoms with van der Waals surface area (Å²) in [7, 11) is 0. The number of carbonyl (C=O) groups excluding carboxylic acids is 3. The lowest BCUT2D eigenvalue weighted by Crippen LogP contribution is -2.41. The second-order valence-electron chi connectivity index (χ2n) is 8.78. The Morgan fingerprint density at radius 1 is 0.628 bits per heavy atom. The van der Waals surface area contributed by atoms with E-state index in [1.165, 1.54) is 24.3 Å². The lowest BCUT2D eigenvalue weighted by molar-refractivity contribution is -0.385. The number of non-ortho nitro benzene ring substituents is 3. The zero-order valence-corrected chi connectivity index (χ0v) is 23.1. The standard InChI is InChI=1S/C26H18BrN3O13/c27-23-22(43-26(33)16-5-11-19(12-6-16)30(38)39)21(42-25(32)15-3-9-18(10-4-15)29(36)37)20(41-23)13-40-24(31)14-1-7-17(8-2-14)28(34)35/h1-12,20-23H,13H2/t20-,21+,22-,23?/m1/s1. The number of alkyl halides is 1. The van der Waals surface area contributed by atoms with E-state index in [-0.39, 0.29) is 33.8 Å². The highest BCUT2D eigenvalue weighted by molar-refractivity contribution is 9.09. The average Bonchev–Trinajstić information content (AvgIpc) is 3.28. The molecule has 0 spiro atoms. The van der Waals surface area contributed by atoms with Crippen molar-refractivity contribution in [2.75, 3.05) is 6.61 Å². The molecule has 0 N–H and O–H groups in total. The van der Waals surface area contributed by atoms with Crippen LogP contribution in [0.25, 0.3) is 0 Å². The van der Waals surface area contributed by atoms with Gasteiger partial charge >= 0.3 is 17.9 Å². The largest absolute Gasteiger partial charge is 0.459 e. The minimum Gasteiger partial charge on any atom is -0.459 e. The molecule has 17 heteroatoms. The first-order valence-electron chi connectivity index (χ1n) is 12.1. The summed E-state index contributed by atoms with van der Waals surface area (Å²) in [5.41, 5.74) is -0.922. The van der Waals surface area contributed by atoms with Gasteiger partial charge in [-0.05, 0) is 36.4 Å². The Hall–Kier alpha value is -5.29. The van der Waals surface area contributed by atoms with Crippen LogP contribution in [0.1, 0.15) is 31.1 Å². The topological polar surface area (TPSA) is 218 Å². The fourth-order valence-corrected chi connectivity index (χ4v) is 4.55. The maximum atomic E-state index is 13.0. The fraction of sp³-hybridized carbons (Fsp3) is 0.192. The first kappa shape index (κ1) is 30.7. The second kappa shape index (κ2) is 13.1. The van der Waals surface area contributed by atoms with Crippen LogP contribution in [0, 0.1) is 30.3 Å². The van der Waals surface area contributed by atoms with Gasteiger partial charge in [0.25, 0.3) is 17.1 Å². The van der Waals surface area contributed by atoms with E-state index in [1.54, 1.807) is 0 Å². The van der Waals surface area contributed by atoms with Crippen LogP contribution in [0.15, 0.2) is 72.8 Å². The van der Waals surface area contributed by atoms with Crippen molar-refractivity contribution in [3.63, 3.8) is 0 Å². The van der Waals surface area contributed by atoms with Gasteiger partial charge in [-0.2, -0.15) is 0 Å². The molecule has 4 atom stereocenters. The molecule has 1 aliphatic heterocycles. The first-order chi connectivity index (χ1) is 20.4. The highest BCUT2D eigenvalue weighted by Crippen LogP contribution is 2.32. The van der Waals surface area contributed by atoms with Gasteiger partial charge in [0.2, 0.25) is 0 Å². The van der Waals surface area contributed by atoms with Gasteiger partial charge in [0, 0.05) is 36.4 Å². The van der Waals surface area contributed by atoms with Crippen molar-refractivity contribution in [3.8, 4) is 0 Å². The summed E-state index contributed by atoms with van der Waals surface area (Å²) in [6, 6.07) is 13.6. The van der Waals surface area contributed by atoms with E-state index in [0.717, 1.165) is 48.5 Å². The summed E-state index contributed by atoms with van der Waals surface area (Å²) in [5.74, 6) is -2.78. The van der Waals surface area contributed by atoms with E-state index >= 15 is 0 Å². The van der Waals surface area contributed by atoms with Crippen LogP contribution >= 0.6 is 15.9 Å². The normalized spacial score (nSPS) is 19.2. The van der Waals surface area contributed by atoms with E-state index in [2.05, 4.69) is 15.9 Å². The van der Waals surface area contributed by atoms with E-state index in [0.29, 0.717) is 0 Å². The van der Waals surface area contributed by atoms with Gasteiger partial charge in [0.15, 0.2) is 17.2 Å². The monoisotopic (exact) mass is 659 g/mol.